The lowest BCUT2D eigenvalue weighted by atomic mass is 9.82. The third kappa shape index (κ3) is 4.57. The monoisotopic (exact) mass is 575 g/mol. The van der Waals surface area contributed by atoms with Crippen LogP contribution in [0.1, 0.15) is 29.0 Å². The van der Waals surface area contributed by atoms with Crippen molar-refractivity contribution in [1.82, 2.24) is 10.1 Å². The Morgan fingerprint density at radius 2 is 2.06 bits per heavy atom. The molecule has 1 aromatic heterocycles. The second-order valence-corrected chi connectivity index (χ2v) is 10.3. The van der Waals surface area contributed by atoms with Crippen LogP contribution in [0.3, 0.4) is 0 Å². The molecule has 1 aliphatic heterocycles. The van der Waals surface area contributed by atoms with Crippen molar-refractivity contribution in [2.45, 2.75) is 23.3 Å². The van der Waals surface area contributed by atoms with Crippen LogP contribution in [0.5, 0.6) is 5.75 Å². The minimum Gasteiger partial charge on any atom is -0.495 e. The Labute approximate surface area is 212 Å². The molecule has 6 nitrogen and oxygen atoms in total. The number of nitrogens with zero attached hydrogens (tertiary/aromatic N) is 3. The van der Waals surface area contributed by atoms with Gasteiger partial charge in [-0.15, -0.1) is 0 Å². The Morgan fingerprint density at radius 3 is 2.85 bits per heavy atom. The average molecular weight is 575 g/mol. The first-order chi connectivity index (χ1) is 16.5. The average Bonchev–Trinajstić information content (AvgIpc) is 3.29. The molecule has 1 fully saturated rings. The van der Waals surface area contributed by atoms with Crippen LogP contribution in [-0.2, 0) is 6.42 Å². The van der Waals surface area contributed by atoms with Crippen molar-refractivity contribution in [3.05, 3.63) is 65.7 Å². The van der Waals surface area contributed by atoms with Gasteiger partial charge < -0.3 is 14.2 Å². The Morgan fingerprint density at radius 1 is 1.21 bits per heavy atom. The molecule has 0 saturated carbocycles. The molecule has 34 heavy (non-hydrogen) atoms. The highest BCUT2D eigenvalue weighted by molar-refractivity contribution is 14.1. The molecule has 0 bridgehead atoms. The number of piperazine rings is 1. The van der Waals surface area contributed by atoms with Crippen LogP contribution in [0.4, 0.5) is 10.1 Å². The fraction of sp³-hybridized carbons (Fsp3) is 0.385. The van der Waals surface area contributed by atoms with E-state index in [0.29, 0.717) is 33.1 Å². The van der Waals surface area contributed by atoms with E-state index in [9.17, 15) is 9.18 Å². The summed E-state index contributed by atoms with van der Waals surface area (Å²) in [6.45, 7) is 3.61. The first kappa shape index (κ1) is 23.3. The summed E-state index contributed by atoms with van der Waals surface area (Å²) in [6.07, 6.45) is 2.24. The smallest absolute Gasteiger partial charge is 0.171 e. The molecule has 2 aliphatic rings. The number of para-hydroxylation sites is 2. The summed E-state index contributed by atoms with van der Waals surface area (Å²) < 4.78 is 25.1. The number of methoxy groups -OCH3 is 1. The van der Waals surface area contributed by atoms with Crippen molar-refractivity contribution < 1.29 is 18.4 Å². The number of rotatable bonds is 6. The van der Waals surface area contributed by atoms with Gasteiger partial charge in [0, 0.05) is 37.5 Å². The van der Waals surface area contributed by atoms with E-state index < -0.39 is 0 Å². The molecule has 2 heterocycles. The SMILES string of the molecule is COc1ccccc1N1CCN(CCC2CCc3onc(-c4cccc(F)c4)c3C2=O)C(I)C1. The first-order valence-electron chi connectivity index (χ1n) is 11.6. The number of ketones is 1. The lowest BCUT2D eigenvalue weighted by Gasteiger charge is -2.40. The third-order valence-electron chi connectivity index (χ3n) is 6.81. The normalized spacial score (nSPS) is 20.9. The first-order valence-corrected chi connectivity index (χ1v) is 12.8. The Kier molecular flexibility index (Phi) is 6.87. The van der Waals surface area contributed by atoms with E-state index in [-0.39, 0.29) is 17.5 Å². The van der Waals surface area contributed by atoms with Crippen molar-refractivity contribution in [1.29, 1.82) is 0 Å². The van der Waals surface area contributed by atoms with Gasteiger partial charge in [-0.25, -0.2) is 4.39 Å². The van der Waals surface area contributed by atoms with Gasteiger partial charge in [0.15, 0.2) is 5.78 Å². The van der Waals surface area contributed by atoms with Gasteiger partial charge in [0.25, 0.3) is 0 Å². The lowest BCUT2D eigenvalue weighted by molar-refractivity contribution is 0.0875. The van der Waals surface area contributed by atoms with E-state index in [2.05, 4.69) is 43.6 Å². The fourth-order valence-corrected chi connectivity index (χ4v) is 5.99. The minimum atomic E-state index is -0.352. The predicted octanol–water partition coefficient (Wildman–Crippen LogP) is 5.21. The second-order valence-electron chi connectivity index (χ2n) is 8.82. The molecule has 2 unspecified atom stereocenters. The second kappa shape index (κ2) is 10.0. The number of Topliss-reactive ketones (excluding diaryl/α,β-unsaturated/α-hetero) is 1. The molecule has 0 amide bonds. The van der Waals surface area contributed by atoms with E-state index in [1.165, 1.54) is 12.1 Å². The van der Waals surface area contributed by atoms with Crippen molar-refractivity contribution >= 4 is 34.1 Å². The summed E-state index contributed by atoms with van der Waals surface area (Å²) >= 11 is 2.50. The van der Waals surface area contributed by atoms with Crippen molar-refractivity contribution in [2.24, 2.45) is 5.92 Å². The van der Waals surface area contributed by atoms with Gasteiger partial charge in [-0.1, -0.05) is 52.0 Å². The van der Waals surface area contributed by atoms with E-state index in [4.69, 9.17) is 9.26 Å². The fourth-order valence-electron chi connectivity index (χ4n) is 4.96. The molecule has 178 valence electrons. The van der Waals surface area contributed by atoms with Crippen LogP contribution < -0.4 is 9.64 Å². The Hall–Kier alpha value is -2.46. The molecular weight excluding hydrogens is 548 g/mol. The quantitative estimate of drug-likeness (QED) is 0.229. The maximum absolute atomic E-state index is 13.7. The highest BCUT2D eigenvalue weighted by Crippen LogP contribution is 2.36. The summed E-state index contributed by atoms with van der Waals surface area (Å²) in [4.78, 5) is 18.2. The number of carbonyl (C=O) groups excluding carboxylic acids is 1. The molecule has 8 heteroatoms. The zero-order chi connectivity index (χ0) is 23.7. The molecule has 0 N–H and O–H groups in total. The maximum atomic E-state index is 13.7. The standard InChI is InChI=1S/C26H27FIN3O3/c1-33-21-8-3-2-7-20(21)31-14-13-30(23(28)16-31)12-11-17-9-10-22-24(26(17)32)25(29-34-22)18-5-4-6-19(27)15-18/h2-8,15,17,23H,9-14,16H2,1H3. The van der Waals surface area contributed by atoms with Gasteiger partial charge >= 0.3 is 0 Å². The molecule has 1 aliphatic carbocycles. The molecule has 0 radical (unpaired) electrons. The topological polar surface area (TPSA) is 58.8 Å². The number of aryl methyl sites for hydroxylation is 1. The zero-order valence-corrected chi connectivity index (χ0v) is 21.2. The van der Waals surface area contributed by atoms with Crippen molar-refractivity contribution in [2.75, 3.05) is 38.2 Å². The number of ether oxygens (including phenoxy) is 1. The van der Waals surface area contributed by atoms with Gasteiger partial charge in [-0.3, -0.25) is 9.69 Å². The highest BCUT2D eigenvalue weighted by Gasteiger charge is 2.35. The summed E-state index contributed by atoms with van der Waals surface area (Å²) in [5, 5.41) is 4.12. The summed E-state index contributed by atoms with van der Waals surface area (Å²) in [7, 11) is 1.71. The van der Waals surface area contributed by atoms with Gasteiger partial charge in [-0.05, 0) is 43.7 Å². The van der Waals surface area contributed by atoms with Gasteiger partial charge in [0.2, 0.25) is 0 Å². The van der Waals surface area contributed by atoms with Gasteiger partial charge in [-0.2, -0.15) is 0 Å². The van der Waals surface area contributed by atoms with Crippen LogP contribution in [0.2, 0.25) is 0 Å². The van der Waals surface area contributed by atoms with E-state index in [0.717, 1.165) is 50.5 Å². The summed E-state index contributed by atoms with van der Waals surface area (Å²) in [6, 6.07) is 14.3. The Balaban J connectivity index is 1.23. The van der Waals surface area contributed by atoms with Gasteiger partial charge in [0.1, 0.15) is 23.0 Å². The summed E-state index contributed by atoms with van der Waals surface area (Å²) in [5.74, 6) is 1.16. The molecule has 1 saturated heterocycles. The van der Waals surface area contributed by atoms with E-state index in [1.807, 2.05) is 18.2 Å². The number of halogens is 2. The van der Waals surface area contributed by atoms with E-state index >= 15 is 0 Å². The van der Waals surface area contributed by atoms with Gasteiger partial charge in [0.05, 0.1) is 22.4 Å². The lowest BCUT2D eigenvalue weighted by Crippen LogP contribution is -2.51. The number of fused-ring (bicyclic) bond motifs is 1. The zero-order valence-electron chi connectivity index (χ0n) is 19.0. The highest BCUT2D eigenvalue weighted by atomic mass is 127. The van der Waals surface area contributed by atoms with Crippen molar-refractivity contribution in [3.63, 3.8) is 0 Å². The largest absolute Gasteiger partial charge is 0.495 e. The van der Waals surface area contributed by atoms with Crippen molar-refractivity contribution in [3.8, 4) is 17.0 Å². The predicted molar refractivity (Wildman–Crippen MR) is 137 cm³/mol. The third-order valence-corrected chi connectivity index (χ3v) is 7.99. The summed E-state index contributed by atoms with van der Waals surface area (Å²) in [5.41, 5.74) is 2.70. The Bertz CT molecular complexity index is 1180. The van der Waals surface area contributed by atoms with Crippen LogP contribution in [0.15, 0.2) is 53.1 Å². The number of hydrogen-bond donors (Lipinski definition) is 0. The molecule has 5 rings (SSSR count). The minimum absolute atomic E-state index is 0.0689. The molecular formula is C26H27FIN3O3. The number of benzene rings is 2. The van der Waals surface area contributed by atoms with E-state index in [1.54, 1.807) is 19.2 Å². The number of anilines is 1. The van der Waals surface area contributed by atoms with Crippen LogP contribution in [0, 0.1) is 11.7 Å². The number of aromatic nitrogens is 1. The number of alkyl halides is 1. The molecule has 0 spiro atoms. The molecule has 2 aromatic carbocycles. The van der Waals surface area contributed by atoms with Crippen LogP contribution in [0.25, 0.3) is 11.3 Å². The number of hydrogen-bond acceptors (Lipinski definition) is 6. The van der Waals surface area contributed by atoms with Crippen LogP contribution in [-0.4, -0.2) is 53.2 Å². The molecule has 2 atom stereocenters. The molecule has 3 aromatic rings. The van der Waals surface area contributed by atoms with Crippen LogP contribution >= 0.6 is 22.6 Å². The maximum Gasteiger partial charge on any atom is 0.171 e. The number of carbonyl (C=O) groups is 1.